The fraction of sp³-hybridized carbons (Fsp3) is 0.481. The molecular formula is C27H31ClFN5O2. The van der Waals surface area contributed by atoms with E-state index in [4.69, 9.17) is 11.6 Å². The summed E-state index contributed by atoms with van der Waals surface area (Å²) >= 11 is 6.49. The number of anilines is 1. The van der Waals surface area contributed by atoms with E-state index in [1.807, 2.05) is 13.0 Å². The monoisotopic (exact) mass is 511 g/mol. The highest BCUT2D eigenvalue weighted by Crippen LogP contribution is 2.39. The lowest BCUT2D eigenvalue weighted by Gasteiger charge is -2.28. The van der Waals surface area contributed by atoms with Gasteiger partial charge in [0, 0.05) is 42.1 Å². The van der Waals surface area contributed by atoms with Gasteiger partial charge in [0.15, 0.2) is 5.82 Å². The molecule has 5 rings (SSSR count). The van der Waals surface area contributed by atoms with E-state index >= 15 is 4.39 Å². The van der Waals surface area contributed by atoms with Crippen LogP contribution in [0.15, 0.2) is 24.4 Å². The average molecular weight is 512 g/mol. The van der Waals surface area contributed by atoms with Crippen LogP contribution in [0.2, 0.25) is 5.02 Å². The zero-order valence-corrected chi connectivity index (χ0v) is 21.6. The first-order valence-electron chi connectivity index (χ1n) is 12.6. The summed E-state index contributed by atoms with van der Waals surface area (Å²) in [5.74, 6) is 0.497. The van der Waals surface area contributed by atoms with Crippen LogP contribution >= 0.6 is 11.6 Å². The Labute approximate surface area is 214 Å². The molecule has 9 heteroatoms. The molecule has 2 aromatic heterocycles. The molecule has 36 heavy (non-hydrogen) atoms. The molecule has 1 saturated carbocycles. The minimum atomic E-state index is -0.402. The van der Waals surface area contributed by atoms with Crippen molar-refractivity contribution in [2.24, 2.45) is 5.92 Å². The van der Waals surface area contributed by atoms with Crippen molar-refractivity contribution in [1.82, 2.24) is 19.9 Å². The third-order valence-corrected chi connectivity index (χ3v) is 7.80. The summed E-state index contributed by atoms with van der Waals surface area (Å²) in [7, 11) is 0. The second-order valence-corrected chi connectivity index (χ2v) is 10.9. The number of benzene rings is 1. The van der Waals surface area contributed by atoms with Crippen molar-refractivity contribution >= 4 is 40.3 Å². The molecule has 2 atom stereocenters. The van der Waals surface area contributed by atoms with E-state index in [2.05, 4.69) is 39.0 Å². The summed E-state index contributed by atoms with van der Waals surface area (Å²) in [6, 6.07) is 5.04. The highest BCUT2D eigenvalue weighted by atomic mass is 35.5. The Kier molecular flexibility index (Phi) is 6.49. The Morgan fingerprint density at radius 1 is 1.25 bits per heavy atom. The lowest BCUT2D eigenvalue weighted by atomic mass is 9.85. The molecule has 0 spiro atoms. The van der Waals surface area contributed by atoms with E-state index in [0.29, 0.717) is 40.3 Å². The van der Waals surface area contributed by atoms with Gasteiger partial charge < -0.3 is 15.2 Å². The number of pyridine rings is 1. The van der Waals surface area contributed by atoms with E-state index in [0.717, 1.165) is 43.4 Å². The highest BCUT2D eigenvalue weighted by Gasteiger charge is 2.33. The normalized spacial score (nSPS) is 20.8. The van der Waals surface area contributed by atoms with Crippen LogP contribution in [0.3, 0.4) is 0 Å². The number of fused-ring (bicyclic) bond motifs is 3. The van der Waals surface area contributed by atoms with Crippen LogP contribution in [0.4, 0.5) is 10.2 Å². The number of amides is 2. The molecule has 1 aliphatic carbocycles. The second kappa shape index (κ2) is 9.47. The van der Waals surface area contributed by atoms with E-state index in [1.54, 1.807) is 6.07 Å². The van der Waals surface area contributed by atoms with Gasteiger partial charge in [0.1, 0.15) is 17.2 Å². The quantitative estimate of drug-likeness (QED) is 0.467. The van der Waals surface area contributed by atoms with Crippen LogP contribution in [0.5, 0.6) is 0 Å². The molecule has 190 valence electrons. The van der Waals surface area contributed by atoms with Crippen molar-refractivity contribution in [1.29, 1.82) is 0 Å². The predicted octanol–water partition coefficient (Wildman–Crippen LogP) is 5.60. The number of aromatic nitrogens is 3. The van der Waals surface area contributed by atoms with Gasteiger partial charge in [-0.1, -0.05) is 24.9 Å². The summed E-state index contributed by atoms with van der Waals surface area (Å²) in [5.41, 5.74) is 2.15. The van der Waals surface area contributed by atoms with Gasteiger partial charge in [-0.05, 0) is 63.3 Å². The van der Waals surface area contributed by atoms with Gasteiger partial charge in [-0.15, -0.1) is 0 Å². The maximum Gasteiger partial charge on any atom is 0.228 e. The van der Waals surface area contributed by atoms with Gasteiger partial charge in [-0.25, -0.2) is 14.4 Å². The fourth-order valence-electron chi connectivity index (χ4n) is 5.56. The highest BCUT2D eigenvalue weighted by molar-refractivity contribution is 6.33. The standard InChI is InChI=1S/C27H31ClFN5O2/c1-4-24(35)31-17-7-5-6-15(10-17)26(36)32-22-13-18(19(28)14-30-22)16-11-20(29)25-21(12-16)34-23(33-25)8-9-27(34,2)3/h11-15,17H,4-10H2,1-3H3,(H,31,35)(H,30,32,36). The molecular weight excluding hydrogens is 481 g/mol. The van der Waals surface area contributed by atoms with Gasteiger partial charge in [-0.2, -0.15) is 0 Å². The van der Waals surface area contributed by atoms with Gasteiger partial charge in [0.2, 0.25) is 11.8 Å². The van der Waals surface area contributed by atoms with Crippen LogP contribution in [0, 0.1) is 11.7 Å². The molecule has 2 amide bonds. The molecule has 7 nitrogen and oxygen atoms in total. The molecule has 1 fully saturated rings. The Morgan fingerprint density at radius 2 is 2.06 bits per heavy atom. The number of halogens is 2. The minimum absolute atomic E-state index is 0.00138. The largest absolute Gasteiger partial charge is 0.353 e. The molecule has 3 heterocycles. The molecule has 3 aromatic rings. The third kappa shape index (κ3) is 4.59. The molecule has 2 aliphatic rings. The van der Waals surface area contributed by atoms with Crippen LogP contribution in [0.25, 0.3) is 22.2 Å². The third-order valence-electron chi connectivity index (χ3n) is 7.50. The number of nitrogens with zero attached hydrogens (tertiary/aromatic N) is 3. The van der Waals surface area contributed by atoms with Crippen molar-refractivity contribution in [2.45, 2.75) is 77.3 Å². The number of carbonyl (C=O) groups excluding carboxylic acids is 2. The van der Waals surface area contributed by atoms with E-state index in [1.165, 1.54) is 12.3 Å². The second-order valence-electron chi connectivity index (χ2n) is 10.5. The van der Waals surface area contributed by atoms with Crippen LogP contribution in [-0.4, -0.2) is 32.4 Å². The van der Waals surface area contributed by atoms with Crippen molar-refractivity contribution in [3.8, 4) is 11.1 Å². The predicted molar refractivity (Wildman–Crippen MR) is 138 cm³/mol. The summed E-state index contributed by atoms with van der Waals surface area (Å²) < 4.78 is 17.3. The summed E-state index contributed by atoms with van der Waals surface area (Å²) in [4.78, 5) is 33.6. The maximum absolute atomic E-state index is 15.1. The van der Waals surface area contributed by atoms with Gasteiger partial charge >= 0.3 is 0 Å². The summed E-state index contributed by atoms with van der Waals surface area (Å²) in [5, 5.41) is 6.28. The molecule has 1 aliphatic heterocycles. The Bertz CT molecular complexity index is 1350. The van der Waals surface area contributed by atoms with Crippen molar-refractivity contribution in [3.05, 3.63) is 41.1 Å². The van der Waals surface area contributed by atoms with Crippen molar-refractivity contribution < 1.29 is 14.0 Å². The first kappa shape index (κ1) is 24.7. The number of nitrogens with one attached hydrogen (secondary N) is 2. The number of hydrogen-bond donors (Lipinski definition) is 2. The minimum Gasteiger partial charge on any atom is -0.353 e. The molecule has 0 radical (unpaired) electrons. The van der Waals surface area contributed by atoms with E-state index in [-0.39, 0.29) is 29.3 Å². The molecule has 1 aromatic carbocycles. The van der Waals surface area contributed by atoms with Crippen molar-refractivity contribution in [2.75, 3.05) is 5.32 Å². The van der Waals surface area contributed by atoms with E-state index < -0.39 is 5.82 Å². The van der Waals surface area contributed by atoms with Gasteiger partial charge in [-0.3, -0.25) is 9.59 Å². The summed E-state index contributed by atoms with van der Waals surface area (Å²) in [6.07, 6.45) is 6.78. The lowest BCUT2D eigenvalue weighted by molar-refractivity contribution is -0.124. The molecule has 0 saturated heterocycles. The number of carbonyl (C=O) groups is 2. The Hall–Kier alpha value is -3.00. The fourth-order valence-corrected chi connectivity index (χ4v) is 5.77. The first-order valence-corrected chi connectivity index (χ1v) is 13.0. The van der Waals surface area contributed by atoms with Gasteiger partial charge in [0.25, 0.3) is 0 Å². The number of imidazole rings is 1. The summed E-state index contributed by atoms with van der Waals surface area (Å²) in [6.45, 7) is 6.08. The topological polar surface area (TPSA) is 88.9 Å². The Balaban J connectivity index is 1.40. The van der Waals surface area contributed by atoms with Crippen LogP contribution in [-0.2, 0) is 21.5 Å². The smallest absolute Gasteiger partial charge is 0.228 e. The molecule has 0 bridgehead atoms. The zero-order valence-electron chi connectivity index (χ0n) is 20.8. The SMILES string of the molecule is CCC(=O)NC1CCCC(C(=O)Nc2cc(-c3cc(F)c4nc5n(c4c3)C(C)(C)CC5)c(Cl)cn2)C1. The van der Waals surface area contributed by atoms with Crippen LogP contribution < -0.4 is 10.6 Å². The van der Waals surface area contributed by atoms with E-state index in [9.17, 15) is 9.59 Å². The van der Waals surface area contributed by atoms with Crippen molar-refractivity contribution in [3.63, 3.8) is 0 Å². The number of hydrogen-bond acceptors (Lipinski definition) is 4. The first-order chi connectivity index (χ1) is 17.2. The zero-order chi connectivity index (χ0) is 25.6. The molecule has 2 unspecified atom stereocenters. The lowest BCUT2D eigenvalue weighted by Crippen LogP contribution is -2.40. The van der Waals surface area contributed by atoms with Crippen LogP contribution in [0.1, 0.15) is 65.1 Å². The Morgan fingerprint density at radius 3 is 2.83 bits per heavy atom. The number of aryl methyl sites for hydroxylation is 1. The number of rotatable bonds is 5. The van der Waals surface area contributed by atoms with Gasteiger partial charge in [0.05, 0.1) is 10.5 Å². The average Bonchev–Trinajstić information content (AvgIpc) is 3.38. The maximum atomic E-state index is 15.1. The molecule has 2 N–H and O–H groups in total.